The van der Waals surface area contributed by atoms with Gasteiger partial charge in [-0.1, -0.05) is 0 Å². The fourth-order valence-corrected chi connectivity index (χ4v) is 2.28. The van der Waals surface area contributed by atoms with Crippen molar-refractivity contribution in [2.24, 2.45) is 4.99 Å². The predicted octanol–water partition coefficient (Wildman–Crippen LogP) is 0.214. The summed E-state index contributed by atoms with van der Waals surface area (Å²) in [7, 11) is 1.61. The minimum atomic E-state index is -0.421. The van der Waals surface area contributed by atoms with E-state index in [1.54, 1.807) is 7.11 Å². The maximum atomic E-state index is 11.7. The van der Waals surface area contributed by atoms with E-state index < -0.39 is 6.04 Å². The molecule has 1 aliphatic rings. The second kappa shape index (κ2) is 5.24. The van der Waals surface area contributed by atoms with Crippen molar-refractivity contribution in [3.05, 3.63) is 16.1 Å². The van der Waals surface area contributed by atoms with Crippen molar-refractivity contribution < 1.29 is 9.53 Å². The van der Waals surface area contributed by atoms with Gasteiger partial charge in [0.25, 0.3) is 5.91 Å². The molecule has 17 heavy (non-hydrogen) atoms. The third-order valence-electron chi connectivity index (χ3n) is 2.23. The van der Waals surface area contributed by atoms with E-state index in [1.165, 1.54) is 11.3 Å². The van der Waals surface area contributed by atoms with Gasteiger partial charge < -0.3 is 10.1 Å². The number of rotatable bonds is 4. The zero-order valence-electron chi connectivity index (χ0n) is 9.69. The van der Waals surface area contributed by atoms with Crippen molar-refractivity contribution in [1.82, 2.24) is 15.6 Å². The van der Waals surface area contributed by atoms with Gasteiger partial charge in [0, 0.05) is 18.2 Å². The van der Waals surface area contributed by atoms with Gasteiger partial charge in [-0.25, -0.2) is 4.98 Å². The number of hydrogen-bond donors (Lipinski definition) is 2. The molecule has 0 spiro atoms. The summed E-state index contributed by atoms with van der Waals surface area (Å²) in [5.74, 6) is 0.375. The number of aromatic nitrogens is 1. The lowest BCUT2D eigenvalue weighted by Crippen LogP contribution is -2.26. The third-order valence-corrected chi connectivity index (χ3v) is 3.26. The van der Waals surface area contributed by atoms with E-state index in [1.807, 2.05) is 12.3 Å². The van der Waals surface area contributed by atoms with Gasteiger partial charge in [0.2, 0.25) is 0 Å². The first-order valence-corrected chi connectivity index (χ1v) is 6.11. The number of ether oxygens (including phenoxy) is 1. The van der Waals surface area contributed by atoms with Crippen LogP contribution in [0, 0.1) is 6.92 Å². The topological polar surface area (TPSA) is 75.6 Å². The van der Waals surface area contributed by atoms with E-state index in [-0.39, 0.29) is 5.91 Å². The Hall–Kier alpha value is -1.47. The summed E-state index contributed by atoms with van der Waals surface area (Å²) >= 11 is 1.47. The number of carbonyl (C=O) groups is 1. The molecule has 92 valence electrons. The highest BCUT2D eigenvalue weighted by Gasteiger charge is 2.31. The van der Waals surface area contributed by atoms with E-state index in [0.717, 1.165) is 10.7 Å². The number of amides is 1. The van der Waals surface area contributed by atoms with E-state index in [0.29, 0.717) is 19.1 Å². The van der Waals surface area contributed by atoms with Crippen LogP contribution in [-0.2, 0) is 9.53 Å². The number of hydrogen-bond acceptors (Lipinski definition) is 5. The molecule has 1 aromatic rings. The average molecular weight is 254 g/mol. The molecule has 1 aromatic heterocycles. The molecule has 0 radical (unpaired) electrons. The molecular weight excluding hydrogens is 240 g/mol. The molecule has 7 heteroatoms. The Morgan fingerprint density at radius 2 is 2.47 bits per heavy atom. The van der Waals surface area contributed by atoms with Crippen LogP contribution in [0.3, 0.4) is 0 Å². The molecule has 1 atom stereocenters. The lowest BCUT2D eigenvalue weighted by Gasteiger charge is -2.02. The minimum Gasteiger partial charge on any atom is -0.383 e. The maximum absolute atomic E-state index is 11.7. The summed E-state index contributed by atoms with van der Waals surface area (Å²) in [4.78, 5) is 20.2. The summed E-state index contributed by atoms with van der Waals surface area (Å²) in [5.41, 5.74) is 0.921. The number of methoxy groups -OCH3 is 1. The Morgan fingerprint density at radius 1 is 1.65 bits per heavy atom. The van der Waals surface area contributed by atoms with Gasteiger partial charge in [-0.05, 0) is 6.92 Å². The van der Waals surface area contributed by atoms with Gasteiger partial charge in [-0.15, -0.1) is 11.3 Å². The zero-order chi connectivity index (χ0) is 12.3. The highest BCUT2D eigenvalue weighted by atomic mass is 32.1. The Balaban J connectivity index is 2.02. The number of nitrogens with one attached hydrogen (secondary N) is 2. The molecule has 0 bridgehead atoms. The van der Waals surface area contributed by atoms with Crippen molar-refractivity contribution >= 4 is 23.2 Å². The normalized spacial score (nSPS) is 21.6. The molecule has 1 amide bonds. The van der Waals surface area contributed by atoms with Crippen LogP contribution in [0.15, 0.2) is 10.4 Å². The Morgan fingerprint density at radius 3 is 3.12 bits per heavy atom. The van der Waals surface area contributed by atoms with E-state index in [9.17, 15) is 4.79 Å². The van der Waals surface area contributed by atoms with Crippen LogP contribution < -0.4 is 10.6 Å². The van der Waals surface area contributed by atoms with Crippen molar-refractivity contribution in [3.8, 4) is 0 Å². The Kier molecular flexibility index (Phi) is 3.70. The molecule has 2 N–H and O–H groups in total. The molecule has 2 rings (SSSR count). The van der Waals surface area contributed by atoms with Crippen molar-refractivity contribution in [3.63, 3.8) is 0 Å². The number of aliphatic imine (C=N–C) groups is 1. The molecule has 0 aromatic carbocycles. The van der Waals surface area contributed by atoms with Crippen LogP contribution in [0.5, 0.6) is 0 Å². The number of aryl methyl sites for hydroxylation is 1. The predicted molar refractivity (Wildman–Crippen MR) is 65.0 cm³/mol. The Labute approximate surface area is 103 Å². The van der Waals surface area contributed by atoms with Crippen LogP contribution in [-0.4, -0.2) is 37.1 Å². The number of thiazole rings is 1. The van der Waals surface area contributed by atoms with Gasteiger partial charge in [0.15, 0.2) is 12.0 Å². The smallest absolute Gasteiger partial charge is 0.256 e. The average Bonchev–Trinajstić information content (AvgIpc) is 2.85. The standard InChI is InChI=1S/C10H14N4O2S/c1-6-5-17-9(12-6)7-8(15)14-10(13-7)11-3-4-16-2/h5,7H,3-4H2,1-2H3,(H2,11,13,14,15). The molecule has 1 aliphatic heterocycles. The van der Waals surface area contributed by atoms with Gasteiger partial charge in [-0.2, -0.15) is 0 Å². The summed E-state index contributed by atoms with van der Waals surface area (Å²) in [6.45, 7) is 2.95. The quantitative estimate of drug-likeness (QED) is 0.753. The molecule has 6 nitrogen and oxygen atoms in total. The molecule has 0 saturated carbocycles. The van der Waals surface area contributed by atoms with Gasteiger partial charge >= 0.3 is 0 Å². The van der Waals surface area contributed by atoms with Crippen molar-refractivity contribution in [2.45, 2.75) is 13.0 Å². The molecule has 1 fully saturated rings. The second-order valence-corrected chi connectivity index (χ2v) is 4.51. The SMILES string of the molecule is COCCN=C1NC(=O)C(c2nc(C)cs2)N1. The van der Waals surface area contributed by atoms with Crippen LogP contribution in [0.25, 0.3) is 0 Å². The van der Waals surface area contributed by atoms with Gasteiger partial charge in [0.1, 0.15) is 5.01 Å². The van der Waals surface area contributed by atoms with E-state index >= 15 is 0 Å². The van der Waals surface area contributed by atoms with Gasteiger partial charge in [-0.3, -0.25) is 15.1 Å². The minimum absolute atomic E-state index is 0.115. The molecule has 1 unspecified atom stereocenters. The van der Waals surface area contributed by atoms with E-state index in [4.69, 9.17) is 4.74 Å². The van der Waals surface area contributed by atoms with Crippen molar-refractivity contribution in [1.29, 1.82) is 0 Å². The lowest BCUT2D eigenvalue weighted by atomic mass is 10.3. The van der Waals surface area contributed by atoms with Crippen LogP contribution in [0.4, 0.5) is 0 Å². The molecule has 2 heterocycles. The first-order valence-electron chi connectivity index (χ1n) is 5.23. The van der Waals surface area contributed by atoms with E-state index in [2.05, 4.69) is 20.6 Å². The first-order chi connectivity index (χ1) is 8.20. The highest BCUT2D eigenvalue weighted by Crippen LogP contribution is 2.20. The maximum Gasteiger partial charge on any atom is 0.256 e. The monoisotopic (exact) mass is 254 g/mol. The summed E-state index contributed by atoms with van der Waals surface area (Å²) in [6.07, 6.45) is 0. The molecular formula is C10H14N4O2S. The third kappa shape index (κ3) is 2.80. The summed E-state index contributed by atoms with van der Waals surface area (Å²) < 4.78 is 4.89. The number of nitrogens with zero attached hydrogens (tertiary/aromatic N) is 2. The number of guanidine groups is 1. The summed E-state index contributed by atoms with van der Waals surface area (Å²) in [5, 5.41) is 8.37. The van der Waals surface area contributed by atoms with Crippen molar-refractivity contribution in [2.75, 3.05) is 20.3 Å². The summed E-state index contributed by atoms with van der Waals surface area (Å²) in [6, 6.07) is -0.421. The zero-order valence-corrected chi connectivity index (χ0v) is 10.5. The molecule has 1 saturated heterocycles. The lowest BCUT2D eigenvalue weighted by molar-refractivity contribution is -0.120. The van der Waals surface area contributed by atoms with Crippen LogP contribution in [0.1, 0.15) is 16.7 Å². The number of carbonyl (C=O) groups excluding carboxylic acids is 1. The highest BCUT2D eigenvalue weighted by molar-refractivity contribution is 7.09. The Bertz CT molecular complexity index is 443. The van der Waals surface area contributed by atoms with Crippen LogP contribution >= 0.6 is 11.3 Å². The fraction of sp³-hybridized carbons (Fsp3) is 0.500. The second-order valence-electron chi connectivity index (χ2n) is 3.62. The van der Waals surface area contributed by atoms with Crippen LogP contribution in [0.2, 0.25) is 0 Å². The van der Waals surface area contributed by atoms with Gasteiger partial charge in [0.05, 0.1) is 13.2 Å². The fourth-order valence-electron chi connectivity index (χ4n) is 1.44. The molecule has 0 aliphatic carbocycles. The first kappa shape index (κ1) is 12.0. The largest absolute Gasteiger partial charge is 0.383 e.